The number of halogens is 1. The molecule has 2 aromatic carbocycles. The van der Waals surface area contributed by atoms with Crippen LogP contribution in [0.2, 0.25) is 5.02 Å². The topological polar surface area (TPSA) is 81.7 Å². The van der Waals surface area contributed by atoms with Crippen LogP contribution < -0.4 is 24.3 Å². The minimum atomic E-state index is -0.583. The third kappa shape index (κ3) is 8.79. The lowest BCUT2D eigenvalue weighted by molar-refractivity contribution is -0.0678. The second-order valence-corrected chi connectivity index (χ2v) is 9.10. The maximum absolute atomic E-state index is 13.5. The molecule has 0 saturated carbocycles. The van der Waals surface area contributed by atoms with Crippen molar-refractivity contribution in [3.8, 4) is 23.0 Å². The smallest absolute Gasteiger partial charge is 0.197 e. The molecule has 0 aromatic heterocycles. The molecule has 0 aliphatic heterocycles. The lowest BCUT2D eigenvalue weighted by Gasteiger charge is -2.24. The summed E-state index contributed by atoms with van der Waals surface area (Å²) >= 11 is 6.38. The van der Waals surface area contributed by atoms with Gasteiger partial charge in [0.15, 0.2) is 24.4 Å². The van der Waals surface area contributed by atoms with E-state index in [9.17, 15) is 4.79 Å². The Kier molecular flexibility index (Phi) is 12.7. The maximum atomic E-state index is 13.5. The number of ether oxygens (including phenoxy) is 7. The molecule has 2 rings (SSSR count). The van der Waals surface area contributed by atoms with Crippen LogP contribution in [0.25, 0.3) is 0 Å². The number of hydrogen-bond donors (Lipinski definition) is 0. The van der Waals surface area contributed by atoms with E-state index in [0.29, 0.717) is 53.1 Å². The summed E-state index contributed by atoms with van der Waals surface area (Å²) in [6, 6.07) is 8.46. The monoisotopic (exact) mass is 542 g/mol. The number of benzene rings is 2. The van der Waals surface area contributed by atoms with Gasteiger partial charge < -0.3 is 33.2 Å². The van der Waals surface area contributed by atoms with Crippen LogP contribution in [0, 0.1) is 0 Å². The fourth-order valence-corrected chi connectivity index (χ4v) is 4.82. The van der Waals surface area contributed by atoms with Crippen molar-refractivity contribution in [2.75, 3.05) is 26.9 Å². The molecule has 0 aliphatic carbocycles. The zero-order valence-corrected chi connectivity index (χ0v) is 23.6. The van der Waals surface area contributed by atoms with E-state index in [0.717, 1.165) is 0 Å². The van der Waals surface area contributed by atoms with Gasteiger partial charge >= 0.3 is 0 Å². The molecular formula is C26H36ClO8P. The molecule has 2 aromatic rings. The first-order valence-corrected chi connectivity index (χ1v) is 13.3. The van der Waals surface area contributed by atoms with Crippen LogP contribution in [0.5, 0.6) is 23.0 Å². The van der Waals surface area contributed by atoms with Gasteiger partial charge in [-0.15, -0.1) is 0 Å². The molecule has 0 N–H and O–H groups in total. The molecule has 0 saturated heterocycles. The number of methoxy groups -OCH3 is 1. The largest absolute Gasteiger partial charge is 0.496 e. The molecular weight excluding hydrogens is 507 g/mol. The second-order valence-electron chi connectivity index (χ2n) is 7.49. The molecule has 4 atom stereocenters. The van der Waals surface area contributed by atoms with Crippen molar-refractivity contribution in [3.05, 3.63) is 40.9 Å². The Hall–Kier alpha value is -2.09. The van der Waals surface area contributed by atoms with Gasteiger partial charge in [0.2, 0.25) is 0 Å². The summed E-state index contributed by atoms with van der Waals surface area (Å²) in [6.07, 6.45) is -1.67. The van der Waals surface area contributed by atoms with Gasteiger partial charge in [0.05, 0.1) is 23.0 Å². The molecule has 0 radical (unpaired) electrons. The van der Waals surface area contributed by atoms with E-state index in [1.54, 1.807) is 51.1 Å². The zero-order valence-electron chi connectivity index (χ0n) is 21.9. The van der Waals surface area contributed by atoms with Crippen molar-refractivity contribution in [2.24, 2.45) is 0 Å². The highest BCUT2D eigenvalue weighted by Crippen LogP contribution is 2.39. The van der Waals surface area contributed by atoms with Crippen LogP contribution in [0.1, 0.15) is 51.9 Å². The van der Waals surface area contributed by atoms with Gasteiger partial charge in [-0.1, -0.05) is 17.7 Å². The Labute approximate surface area is 220 Å². The fourth-order valence-electron chi connectivity index (χ4n) is 3.37. The Morgan fingerprint density at radius 3 is 1.81 bits per heavy atom. The molecule has 8 nitrogen and oxygen atoms in total. The van der Waals surface area contributed by atoms with Gasteiger partial charge in [-0.05, 0) is 62.3 Å². The van der Waals surface area contributed by atoms with Gasteiger partial charge in [-0.25, -0.2) is 0 Å². The lowest BCUT2D eigenvalue weighted by Crippen LogP contribution is -2.24. The number of rotatable bonds is 16. The van der Waals surface area contributed by atoms with E-state index in [4.69, 9.17) is 44.8 Å². The molecule has 0 amide bonds. The van der Waals surface area contributed by atoms with Crippen LogP contribution >= 0.6 is 20.2 Å². The van der Waals surface area contributed by atoms with E-state index >= 15 is 0 Å². The van der Waals surface area contributed by atoms with Crippen molar-refractivity contribution in [2.45, 2.75) is 60.4 Å². The van der Waals surface area contributed by atoms with E-state index in [1.807, 2.05) is 20.8 Å². The van der Waals surface area contributed by atoms with E-state index < -0.39 is 27.5 Å². The van der Waals surface area contributed by atoms with Gasteiger partial charge in [0.25, 0.3) is 0 Å². The van der Waals surface area contributed by atoms with Crippen LogP contribution in [0.15, 0.2) is 30.3 Å². The predicted octanol–water partition coefficient (Wildman–Crippen LogP) is 5.78. The summed E-state index contributed by atoms with van der Waals surface area (Å²) < 4.78 is 40.2. The molecule has 0 bridgehead atoms. The minimum Gasteiger partial charge on any atom is -0.496 e. The summed E-state index contributed by atoms with van der Waals surface area (Å²) in [5.41, 5.74) is 0.0505. The van der Waals surface area contributed by atoms with Gasteiger partial charge in [-0.3, -0.25) is 4.79 Å². The van der Waals surface area contributed by atoms with Crippen molar-refractivity contribution in [1.82, 2.24) is 0 Å². The standard InChI is InChI=1S/C26H36ClO8P/c1-8-30-16(4)33-19-14-22(34-17(5)31-9-2)25(23(15-19)35-18(6)32-10-3)36-26(28)24-20(27)12-11-13-21(24)29-7/h11-18,36H,8-10H2,1-7H3. The van der Waals surface area contributed by atoms with Gasteiger partial charge in [0, 0.05) is 32.0 Å². The normalized spacial score (nSPS) is 13.9. The Morgan fingerprint density at radius 1 is 0.833 bits per heavy atom. The first-order valence-electron chi connectivity index (χ1n) is 11.9. The summed E-state index contributed by atoms with van der Waals surface area (Å²) in [4.78, 5) is 13.5. The molecule has 200 valence electrons. The molecule has 4 unspecified atom stereocenters. The number of hydrogen-bond acceptors (Lipinski definition) is 8. The SMILES string of the molecule is CCOC(C)Oc1cc(OC(C)OCC)c(PC(=O)c2c(Cl)cccc2OC)c(OC(C)OCC)c1. The molecule has 10 heteroatoms. The van der Waals surface area contributed by atoms with Crippen molar-refractivity contribution in [3.63, 3.8) is 0 Å². The molecule has 0 spiro atoms. The summed E-state index contributed by atoms with van der Waals surface area (Å²) in [5.74, 6) is 1.60. The maximum Gasteiger partial charge on any atom is 0.197 e. The second kappa shape index (κ2) is 15.2. The van der Waals surface area contributed by atoms with Gasteiger partial charge in [-0.2, -0.15) is 0 Å². The van der Waals surface area contributed by atoms with Crippen molar-refractivity contribution < 1.29 is 38.0 Å². The lowest BCUT2D eigenvalue weighted by atomic mass is 10.2. The molecule has 0 heterocycles. The van der Waals surface area contributed by atoms with E-state index in [1.165, 1.54) is 7.11 Å². The predicted molar refractivity (Wildman–Crippen MR) is 142 cm³/mol. The molecule has 0 aliphatic rings. The van der Waals surface area contributed by atoms with Crippen LogP contribution in [0.4, 0.5) is 0 Å². The Morgan fingerprint density at radius 2 is 1.33 bits per heavy atom. The highest BCUT2D eigenvalue weighted by atomic mass is 35.5. The van der Waals surface area contributed by atoms with Crippen LogP contribution in [0.3, 0.4) is 0 Å². The molecule has 0 fully saturated rings. The first kappa shape index (κ1) is 30.1. The number of carbonyl (C=O) groups is 1. The highest BCUT2D eigenvalue weighted by molar-refractivity contribution is 7.66. The van der Waals surface area contributed by atoms with Crippen LogP contribution in [-0.4, -0.2) is 51.3 Å². The summed E-state index contributed by atoms with van der Waals surface area (Å²) in [7, 11) is 1.09. The zero-order chi connectivity index (χ0) is 26.7. The van der Waals surface area contributed by atoms with Crippen molar-refractivity contribution >= 4 is 31.0 Å². The van der Waals surface area contributed by atoms with Crippen LogP contribution in [-0.2, 0) is 14.2 Å². The quantitative estimate of drug-likeness (QED) is 0.195. The average molecular weight is 543 g/mol. The molecule has 36 heavy (non-hydrogen) atoms. The third-order valence-corrected chi connectivity index (χ3v) is 6.33. The van der Waals surface area contributed by atoms with Crippen molar-refractivity contribution in [1.29, 1.82) is 0 Å². The Bertz CT molecular complexity index is 951. The Balaban J connectivity index is 2.59. The third-order valence-electron chi connectivity index (χ3n) is 4.79. The fraction of sp³-hybridized carbons (Fsp3) is 0.500. The minimum absolute atomic E-state index is 0.239. The summed E-state index contributed by atoms with van der Waals surface area (Å²) in [6.45, 7) is 12.4. The highest BCUT2D eigenvalue weighted by Gasteiger charge is 2.25. The van der Waals surface area contributed by atoms with Gasteiger partial charge in [0.1, 0.15) is 23.0 Å². The first-order chi connectivity index (χ1) is 17.2. The van der Waals surface area contributed by atoms with E-state index in [-0.39, 0.29) is 11.1 Å². The summed E-state index contributed by atoms with van der Waals surface area (Å²) in [5, 5.41) is 0.823. The average Bonchev–Trinajstić information content (AvgIpc) is 2.81. The van der Waals surface area contributed by atoms with E-state index in [2.05, 4.69) is 0 Å². The number of carbonyl (C=O) groups excluding carboxylic acids is 1.